The second kappa shape index (κ2) is 4.16. The van der Waals surface area contributed by atoms with Crippen molar-refractivity contribution in [3.05, 3.63) is 29.8 Å². The largest absolute Gasteiger partial charge is 0.366 e. The van der Waals surface area contributed by atoms with Crippen molar-refractivity contribution < 1.29 is 0 Å². The molecule has 3 heteroatoms. The minimum absolute atomic E-state index is 0.350. The maximum absolute atomic E-state index is 9.24. The predicted octanol–water partition coefficient (Wildman–Crippen LogP) is 2.81. The maximum atomic E-state index is 9.24. The molecule has 1 N–H and O–H groups in total. The summed E-state index contributed by atoms with van der Waals surface area (Å²) in [6.07, 6.45) is 0.933. The first-order valence-electron chi connectivity index (χ1n) is 5.09. The van der Waals surface area contributed by atoms with Crippen molar-refractivity contribution in [3.63, 3.8) is 0 Å². The van der Waals surface area contributed by atoms with Crippen LogP contribution in [0, 0.1) is 18.3 Å². The second-order valence-electron chi connectivity index (χ2n) is 3.94. The Balaban J connectivity index is 2.21. The number of nitrogens with zero attached hydrogens (tertiary/aromatic N) is 1. The standard InChI is InChI=1S/C12H14N2S/c1-10-4-2-3-5-11(10)14-12(8-13)6-7-15-9-12/h2-5,14H,6-7,9H2,1H3. The van der Waals surface area contributed by atoms with E-state index in [0.29, 0.717) is 0 Å². The van der Waals surface area contributed by atoms with E-state index in [0.717, 1.165) is 23.6 Å². The van der Waals surface area contributed by atoms with Crippen LogP contribution in [0.25, 0.3) is 0 Å². The van der Waals surface area contributed by atoms with Crippen molar-refractivity contribution in [2.75, 3.05) is 16.8 Å². The molecule has 1 saturated heterocycles. The molecule has 0 radical (unpaired) electrons. The van der Waals surface area contributed by atoms with E-state index in [1.165, 1.54) is 5.56 Å². The van der Waals surface area contributed by atoms with Crippen molar-refractivity contribution in [1.82, 2.24) is 0 Å². The Kier molecular flexibility index (Phi) is 2.88. The van der Waals surface area contributed by atoms with Gasteiger partial charge in [-0.2, -0.15) is 17.0 Å². The van der Waals surface area contributed by atoms with E-state index in [-0.39, 0.29) is 5.54 Å². The molecule has 0 amide bonds. The number of thioether (sulfide) groups is 1. The Morgan fingerprint density at radius 2 is 2.27 bits per heavy atom. The predicted molar refractivity (Wildman–Crippen MR) is 65.1 cm³/mol. The van der Waals surface area contributed by atoms with E-state index >= 15 is 0 Å². The molecule has 1 heterocycles. The normalized spacial score (nSPS) is 24.8. The highest BCUT2D eigenvalue weighted by molar-refractivity contribution is 7.99. The van der Waals surface area contributed by atoms with Gasteiger partial charge in [0, 0.05) is 11.4 Å². The number of rotatable bonds is 2. The fourth-order valence-electron chi connectivity index (χ4n) is 1.75. The fourth-order valence-corrected chi connectivity index (χ4v) is 3.02. The van der Waals surface area contributed by atoms with E-state index in [1.807, 2.05) is 30.0 Å². The summed E-state index contributed by atoms with van der Waals surface area (Å²) >= 11 is 1.85. The second-order valence-corrected chi connectivity index (χ2v) is 5.04. The monoisotopic (exact) mass is 218 g/mol. The Morgan fingerprint density at radius 1 is 1.47 bits per heavy atom. The number of hydrogen-bond donors (Lipinski definition) is 1. The van der Waals surface area contributed by atoms with E-state index in [4.69, 9.17) is 0 Å². The van der Waals surface area contributed by atoms with E-state index in [2.05, 4.69) is 24.4 Å². The summed E-state index contributed by atoms with van der Waals surface area (Å²) in [7, 11) is 0. The summed E-state index contributed by atoms with van der Waals surface area (Å²) in [6, 6.07) is 10.5. The van der Waals surface area contributed by atoms with Crippen LogP contribution in [-0.4, -0.2) is 17.0 Å². The lowest BCUT2D eigenvalue weighted by Gasteiger charge is -2.23. The van der Waals surface area contributed by atoms with Crippen LogP contribution in [0.15, 0.2) is 24.3 Å². The zero-order valence-corrected chi connectivity index (χ0v) is 9.60. The molecule has 1 unspecified atom stereocenters. The summed E-state index contributed by atoms with van der Waals surface area (Å²) in [5.74, 6) is 1.96. The summed E-state index contributed by atoms with van der Waals surface area (Å²) in [4.78, 5) is 0. The quantitative estimate of drug-likeness (QED) is 0.829. The van der Waals surface area contributed by atoms with Gasteiger partial charge in [0.2, 0.25) is 0 Å². The van der Waals surface area contributed by atoms with Gasteiger partial charge in [-0.3, -0.25) is 0 Å². The number of nitriles is 1. The average molecular weight is 218 g/mol. The molecule has 1 aromatic rings. The average Bonchev–Trinajstić information content (AvgIpc) is 2.71. The fraction of sp³-hybridized carbons (Fsp3) is 0.417. The third kappa shape index (κ3) is 2.10. The summed E-state index contributed by atoms with van der Waals surface area (Å²) < 4.78 is 0. The molecule has 1 atom stereocenters. The lowest BCUT2D eigenvalue weighted by Crippen LogP contribution is -2.36. The number of aryl methyl sites for hydroxylation is 1. The Morgan fingerprint density at radius 3 is 2.87 bits per heavy atom. The highest BCUT2D eigenvalue weighted by Gasteiger charge is 2.34. The molecular weight excluding hydrogens is 204 g/mol. The molecule has 0 saturated carbocycles. The van der Waals surface area contributed by atoms with Gasteiger partial charge in [0.25, 0.3) is 0 Å². The number of nitrogens with one attached hydrogen (secondary N) is 1. The van der Waals surface area contributed by atoms with Crippen LogP contribution in [0.4, 0.5) is 5.69 Å². The van der Waals surface area contributed by atoms with Gasteiger partial charge in [-0.25, -0.2) is 0 Å². The van der Waals surface area contributed by atoms with E-state index in [9.17, 15) is 5.26 Å². The zero-order valence-electron chi connectivity index (χ0n) is 8.79. The summed E-state index contributed by atoms with van der Waals surface area (Å²) in [5, 5.41) is 12.6. The smallest absolute Gasteiger partial charge is 0.135 e. The molecule has 1 aliphatic heterocycles. The molecule has 0 aromatic heterocycles. The highest BCUT2D eigenvalue weighted by Crippen LogP contribution is 2.31. The van der Waals surface area contributed by atoms with Gasteiger partial charge < -0.3 is 5.32 Å². The van der Waals surface area contributed by atoms with Gasteiger partial charge in [0.05, 0.1) is 6.07 Å². The molecule has 1 fully saturated rings. The van der Waals surface area contributed by atoms with Crippen LogP contribution < -0.4 is 5.32 Å². The van der Waals surface area contributed by atoms with Crippen LogP contribution in [-0.2, 0) is 0 Å². The van der Waals surface area contributed by atoms with Crippen molar-refractivity contribution in [3.8, 4) is 6.07 Å². The summed E-state index contributed by atoms with van der Waals surface area (Å²) in [5.41, 5.74) is 1.93. The molecule has 1 aliphatic rings. The van der Waals surface area contributed by atoms with Crippen LogP contribution in [0.2, 0.25) is 0 Å². The topological polar surface area (TPSA) is 35.8 Å². The van der Waals surface area contributed by atoms with Crippen molar-refractivity contribution in [2.45, 2.75) is 18.9 Å². The molecule has 78 valence electrons. The molecule has 2 nitrogen and oxygen atoms in total. The van der Waals surface area contributed by atoms with Crippen LogP contribution >= 0.6 is 11.8 Å². The van der Waals surface area contributed by atoms with Gasteiger partial charge in [-0.15, -0.1) is 0 Å². The Bertz CT molecular complexity index is 389. The van der Waals surface area contributed by atoms with Gasteiger partial charge in [0.1, 0.15) is 5.54 Å². The zero-order chi connectivity index (χ0) is 10.7. The summed E-state index contributed by atoms with van der Waals surface area (Å²) in [6.45, 7) is 2.06. The lowest BCUT2D eigenvalue weighted by molar-refractivity contribution is 0.666. The van der Waals surface area contributed by atoms with E-state index in [1.54, 1.807) is 0 Å². The van der Waals surface area contributed by atoms with Gasteiger partial charge in [-0.05, 0) is 30.7 Å². The lowest BCUT2D eigenvalue weighted by atomic mass is 10.00. The third-order valence-electron chi connectivity index (χ3n) is 2.75. The number of hydrogen-bond acceptors (Lipinski definition) is 3. The van der Waals surface area contributed by atoms with Crippen molar-refractivity contribution >= 4 is 17.4 Å². The van der Waals surface area contributed by atoms with Crippen LogP contribution in [0.3, 0.4) is 0 Å². The third-order valence-corrected chi connectivity index (χ3v) is 3.94. The number of benzene rings is 1. The number of para-hydroxylation sites is 1. The first-order chi connectivity index (χ1) is 7.26. The van der Waals surface area contributed by atoms with Crippen molar-refractivity contribution in [2.24, 2.45) is 0 Å². The van der Waals surface area contributed by atoms with Gasteiger partial charge in [-0.1, -0.05) is 18.2 Å². The molecule has 0 bridgehead atoms. The molecular formula is C12H14N2S. The molecule has 0 aliphatic carbocycles. The van der Waals surface area contributed by atoms with Crippen LogP contribution in [0.5, 0.6) is 0 Å². The highest BCUT2D eigenvalue weighted by atomic mass is 32.2. The SMILES string of the molecule is Cc1ccccc1NC1(C#N)CCSC1. The Labute approximate surface area is 94.7 Å². The molecule has 2 rings (SSSR count). The van der Waals surface area contributed by atoms with Gasteiger partial charge in [0.15, 0.2) is 0 Å². The van der Waals surface area contributed by atoms with Crippen LogP contribution in [0.1, 0.15) is 12.0 Å². The molecule has 1 aromatic carbocycles. The Hall–Kier alpha value is -1.14. The molecule has 0 spiro atoms. The van der Waals surface area contributed by atoms with Gasteiger partial charge >= 0.3 is 0 Å². The minimum atomic E-state index is -0.350. The number of anilines is 1. The molecule has 15 heavy (non-hydrogen) atoms. The van der Waals surface area contributed by atoms with Crippen molar-refractivity contribution in [1.29, 1.82) is 5.26 Å². The maximum Gasteiger partial charge on any atom is 0.135 e. The van der Waals surface area contributed by atoms with E-state index < -0.39 is 0 Å². The minimum Gasteiger partial charge on any atom is -0.366 e. The first-order valence-corrected chi connectivity index (χ1v) is 6.24. The first kappa shape index (κ1) is 10.4.